The Morgan fingerprint density at radius 1 is 1.18 bits per heavy atom. The van der Waals surface area contributed by atoms with E-state index in [0.717, 1.165) is 0 Å². The second kappa shape index (κ2) is 9.38. The van der Waals surface area contributed by atoms with E-state index in [-0.39, 0.29) is 29.1 Å². The van der Waals surface area contributed by atoms with E-state index < -0.39 is 4.92 Å². The van der Waals surface area contributed by atoms with Gasteiger partial charge in [0.15, 0.2) is 11.3 Å². The number of rotatable bonds is 7. The van der Waals surface area contributed by atoms with Gasteiger partial charge in [-0.1, -0.05) is 11.6 Å². The highest BCUT2D eigenvalue weighted by Gasteiger charge is 2.24. The summed E-state index contributed by atoms with van der Waals surface area (Å²) >= 11 is 6.40. The molecule has 2 heterocycles. The molecule has 0 aliphatic rings. The molecule has 4 rings (SSSR count). The highest BCUT2D eigenvalue weighted by molar-refractivity contribution is 6.32. The van der Waals surface area contributed by atoms with Crippen molar-refractivity contribution >= 4 is 39.6 Å². The van der Waals surface area contributed by atoms with Crippen molar-refractivity contribution in [1.82, 2.24) is 9.97 Å². The van der Waals surface area contributed by atoms with Gasteiger partial charge in [-0.3, -0.25) is 15.1 Å². The third kappa shape index (κ3) is 4.46. The molecule has 1 N–H and O–H groups in total. The summed E-state index contributed by atoms with van der Waals surface area (Å²) in [6.07, 6.45) is 4.50. The fourth-order valence-electron chi connectivity index (χ4n) is 3.24. The van der Waals surface area contributed by atoms with Crippen LogP contribution in [0.2, 0.25) is 5.02 Å². The van der Waals surface area contributed by atoms with Crippen LogP contribution in [0.25, 0.3) is 10.9 Å². The predicted octanol–water partition coefficient (Wildman–Crippen LogP) is 6.00. The quantitative estimate of drug-likeness (QED) is 0.262. The molecule has 4 aromatic rings. The second-order valence-corrected chi connectivity index (χ2v) is 7.12. The number of ether oxygens (including phenoxy) is 2. The van der Waals surface area contributed by atoms with Gasteiger partial charge in [0.05, 0.1) is 27.8 Å². The molecule has 0 amide bonds. The van der Waals surface area contributed by atoms with Crippen LogP contribution in [-0.4, -0.2) is 21.5 Å². The lowest BCUT2D eigenvalue weighted by molar-refractivity contribution is -0.384. The number of hydrogen-bond acceptors (Lipinski definition) is 8. The third-order valence-electron chi connectivity index (χ3n) is 4.66. The number of fused-ring (bicyclic) bond motifs is 1. The van der Waals surface area contributed by atoms with E-state index in [1.54, 1.807) is 55.7 Å². The number of hydrogen-bond donors (Lipinski definition) is 1. The van der Waals surface area contributed by atoms with Crippen LogP contribution < -0.4 is 14.8 Å². The lowest BCUT2D eigenvalue weighted by Crippen LogP contribution is -2.02. The first-order chi connectivity index (χ1) is 16.0. The standard InChI is InChI=1S/C23H16ClN5O4/c1-2-32-20-6-4-17-21(14(12-25)13-27-22(17)23(20)29(30)31)28-15-3-5-19(18(24)11-15)33-16-7-9-26-10-8-16/h3-11,13H,2H2,1H3,(H,27,28). The lowest BCUT2D eigenvalue weighted by atomic mass is 10.1. The van der Waals surface area contributed by atoms with Crippen LogP contribution in [0.1, 0.15) is 12.5 Å². The molecule has 33 heavy (non-hydrogen) atoms. The number of nitrogens with zero attached hydrogens (tertiary/aromatic N) is 4. The SMILES string of the molecule is CCOc1ccc2c(Nc3ccc(Oc4ccncc4)c(Cl)c3)c(C#N)cnc2c1[N+](=O)[O-]. The van der Waals surface area contributed by atoms with E-state index in [1.807, 2.05) is 0 Å². The summed E-state index contributed by atoms with van der Waals surface area (Å²) in [5, 5.41) is 25.2. The molecule has 0 spiro atoms. The number of nitriles is 1. The smallest absolute Gasteiger partial charge is 0.336 e. The van der Waals surface area contributed by atoms with Crippen molar-refractivity contribution in [3.63, 3.8) is 0 Å². The number of nitro groups is 1. The summed E-state index contributed by atoms with van der Waals surface area (Å²) < 4.78 is 11.2. The van der Waals surface area contributed by atoms with E-state index in [1.165, 1.54) is 12.3 Å². The van der Waals surface area contributed by atoms with Gasteiger partial charge in [0.1, 0.15) is 17.6 Å². The molecule has 0 atom stereocenters. The average Bonchev–Trinajstić information content (AvgIpc) is 2.81. The van der Waals surface area contributed by atoms with Crippen LogP contribution in [0.3, 0.4) is 0 Å². The first kappa shape index (κ1) is 21.8. The zero-order chi connectivity index (χ0) is 23.4. The Morgan fingerprint density at radius 2 is 1.94 bits per heavy atom. The number of nitro benzene ring substituents is 1. The minimum absolute atomic E-state index is 0.108. The van der Waals surface area contributed by atoms with Gasteiger partial charge in [0.2, 0.25) is 0 Å². The topological polar surface area (TPSA) is 123 Å². The van der Waals surface area contributed by atoms with E-state index >= 15 is 0 Å². The molecule has 9 nitrogen and oxygen atoms in total. The minimum Gasteiger partial charge on any atom is -0.487 e. The molecular weight excluding hydrogens is 446 g/mol. The normalized spacial score (nSPS) is 10.5. The van der Waals surface area contributed by atoms with Crippen LogP contribution >= 0.6 is 11.6 Å². The largest absolute Gasteiger partial charge is 0.487 e. The van der Waals surface area contributed by atoms with E-state index in [4.69, 9.17) is 21.1 Å². The molecule has 2 aromatic heterocycles. The van der Waals surface area contributed by atoms with Gasteiger partial charge in [0.25, 0.3) is 0 Å². The van der Waals surface area contributed by atoms with Gasteiger partial charge in [-0.25, -0.2) is 4.98 Å². The molecule has 10 heteroatoms. The molecule has 0 saturated carbocycles. The summed E-state index contributed by atoms with van der Waals surface area (Å²) in [6, 6.07) is 13.6. The van der Waals surface area contributed by atoms with Crippen molar-refractivity contribution in [2.75, 3.05) is 11.9 Å². The summed E-state index contributed by atoms with van der Waals surface area (Å²) in [6.45, 7) is 2.00. The van der Waals surface area contributed by atoms with Gasteiger partial charge in [-0.2, -0.15) is 5.26 Å². The van der Waals surface area contributed by atoms with Gasteiger partial charge in [-0.05, 0) is 49.4 Å². The molecule has 2 aromatic carbocycles. The van der Waals surface area contributed by atoms with Crippen molar-refractivity contribution in [3.8, 4) is 23.3 Å². The number of halogens is 1. The van der Waals surface area contributed by atoms with Crippen molar-refractivity contribution < 1.29 is 14.4 Å². The summed E-state index contributed by atoms with van der Waals surface area (Å²) in [5.41, 5.74) is 0.988. The van der Waals surface area contributed by atoms with Crippen LogP contribution in [-0.2, 0) is 0 Å². The number of aromatic nitrogens is 2. The maximum absolute atomic E-state index is 11.7. The van der Waals surface area contributed by atoms with Crippen molar-refractivity contribution in [2.24, 2.45) is 0 Å². The highest BCUT2D eigenvalue weighted by Crippen LogP contribution is 2.40. The molecule has 0 radical (unpaired) electrons. The number of anilines is 2. The lowest BCUT2D eigenvalue weighted by Gasteiger charge is -2.14. The zero-order valence-corrected chi connectivity index (χ0v) is 18.0. The Bertz CT molecular complexity index is 1390. The second-order valence-electron chi connectivity index (χ2n) is 6.71. The van der Waals surface area contributed by atoms with E-state index in [9.17, 15) is 15.4 Å². The van der Waals surface area contributed by atoms with Gasteiger partial charge in [0, 0.05) is 29.7 Å². The number of benzene rings is 2. The first-order valence-electron chi connectivity index (χ1n) is 9.79. The maximum Gasteiger partial charge on any atom is 0.336 e. The Hall–Kier alpha value is -4.42. The first-order valence-corrected chi connectivity index (χ1v) is 10.2. The number of nitrogens with one attached hydrogen (secondary N) is 1. The average molecular weight is 462 g/mol. The number of pyridine rings is 2. The fourth-order valence-corrected chi connectivity index (χ4v) is 3.46. The Labute approximate surface area is 193 Å². The Balaban J connectivity index is 1.75. The van der Waals surface area contributed by atoms with Crippen molar-refractivity contribution in [2.45, 2.75) is 6.92 Å². The van der Waals surface area contributed by atoms with Crippen LogP contribution in [0.15, 0.2) is 61.1 Å². The summed E-state index contributed by atoms with van der Waals surface area (Å²) in [7, 11) is 0. The van der Waals surface area contributed by atoms with Crippen molar-refractivity contribution in [1.29, 1.82) is 5.26 Å². The Morgan fingerprint density at radius 3 is 2.61 bits per heavy atom. The molecule has 0 bridgehead atoms. The molecule has 0 aliphatic heterocycles. The van der Waals surface area contributed by atoms with Gasteiger partial charge >= 0.3 is 5.69 Å². The van der Waals surface area contributed by atoms with Crippen molar-refractivity contribution in [3.05, 3.63) is 81.8 Å². The zero-order valence-electron chi connectivity index (χ0n) is 17.3. The van der Waals surface area contributed by atoms with Crippen LogP contribution in [0.5, 0.6) is 17.2 Å². The Kier molecular flexibility index (Phi) is 6.20. The molecule has 164 valence electrons. The van der Waals surface area contributed by atoms with Crippen LogP contribution in [0, 0.1) is 21.4 Å². The van der Waals surface area contributed by atoms with E-state index in [0.29, 0.717) is 33.3 Å². The maximum atomic E-state index is 11.7. The fraction of sp³-hybridized carbons (Fsp3) is 0.0870. The summed E-state index contributed by atoms with van der Waals surface area (Å²) in [5.74, 6) is 1.13. The molecular formula is C23H16ClN5O4. The summed E-state index contributed by atoms with van der Waals surface area (Å²) in [4.78, 5) is 19.3. The third-order valence-corrected chi connectivity index (χ3v) is 4.95. The minimum atomic E-state index is -0.543. The van der Waals surface area contributed by atoms with Crippen LogP contribution in [0.4, 0.5) is 17.1 Å². The predicted molar refractivity (Wildman–Crippen MR) is 123 cm³/mol. The van der Waals surface area contributed by atoms with E-state index in [2.05, 4.69) is 21.4 Å². The molecule has 0 unspecified atom stereocenters. The molecule has 0 aliphatic carbocycles. The molecule has 0 saturated heterocycles. The van der Waals surface area contributed by atoms with Gasteiger partial charge < -0.3 is 14.8 Å². The van der Waals surface area contributed by atoms with Gasteiger partial charge in [-0.15, -0.1) is 0 Å². The highest BCUT2D eigenvalue weighted by atomic mass is 35.5. The monoisotopic (exact) mass is 461 g/mol. The molecule has 0 fully saturated rings.